The van der Waals surface area contributed by atoms with Crippen LogP contribution < -0.4 is 11.5 Å². The van der Waals surface area contributed by atoms with Gasteiger partial charge < -0.3 is 11.5 Å². The van der Waals surface area contributed by atoms with Gasteiger partial charge in [0.15, 0.2) is 0 Å². The molecule has 0 unspecified atom stereocenters. The monoisotopic (exact) mass is 500 g/mol. The number of hydrogen-bond acceptors (Lipinski definition) is 2. The molecule has 0 atom stereocenters. The second-order valence-electron chi connectivity index (χ2n) is 10.2. The Hall–Kier alpha value is -5.08. The molecule has 39 heavy (non-hydrogen) atoms. The average molecular weight is 501 g/mol. The Morgan fingerprint density at radius 2 is 0.641 bits per heavy atom. The maximum atomic E-state index is 5.93. The molecule has 6 aromatic rings. The second kappa shape index (κ2) is 9.04. The van der Waals surface area contributed by atoms with Gasteiger partial charge in [-0.2, -0.15) is 0 Å². The predicted octanol–water partition coefficient (Wildman–Crippen LogP) is 8.55. The summed E-state index contributed by atoms with van der Waals surface area (Å²) in [5.74, 6) is 0. The molecule has 0 aromatic heterocycles. The van der Waals surface area contributed by atoms with Gasteiger partial charge in [-0.15, -0.1) is 0 Å². The highest BCUT2D eigenvalue weighted by Crippen LogP contribution is 2.56. The van der Waals surface area contributed by atoms with Gasteiger partial charge in [0, 0.05) is 11.4 Å². The molecule has 6 aromatic carbocycles. The Bertz CT molecular complexity index is 1640. The molecule has 2 heteroatoms. The van der Waals surface area contributed by atoms with Gasteiger partial charge >= 0.3 is 0 Å². The van der Waals surface area contributed by atoms with Crippen molar-refractivity contribution in [1.29, 1.82) is 0 Å². The molecule has 1 aliphatic rings. The highest BCUT2D eigenvalue weighted by Gasteiger charge is 2.45. The highest BCUT2D eigenvalue weighted by molar-refractivity contribution is 5.86. The van der Waals surface area contributed by atoms with E-state index in [4.69, 9.17) is 11.5 Å². The molecule has 0 amide bonds. The number of benzene rings is 6. The van der Waals surface area contributed by atoms with Gasteiger partial charge in [0.05, 0.1) is 5.41 Å². The molecule has 0 fully saturated rings. The summed E-state index contributed by atoms with van der Waals surface area (Å²) in [5, 5.41) is 0. The molecule has 4 N–H and O–H groups in total. The highest BCUT2D eigenvalue weighted by atomic mass is 14.5. The SMILES string of the molecule is Nc1ccc(-c2ccc(C3(c4ccc(-c5ccc(N)cc5)cc4)c4ccccc4-c4ccccc43)cc2)cc1. The molecule has 0 bridgehead atoms. The van der Waals surface area contributed by atoms with E-state index in [9.17, 15) is 0 Å². The molecule has 0 saturated heterocycles. The molecule has 0 aliphatic heterocycles. The standard InChI is InChI=1S/C37H28N2/c38-31-21-13-27(14-22-31)25-9-17-29(18-10-25)37(30-19-11-26(12-20-30)28-15-23-32(39)24-16-28)35-7-3-1-5-33(35)34-6-2-4-8-36(34)37/h1-24H,38-39H2. The van der Waals surface area contributed by atoms with E-state index in [1.807, 2.05) is 24.3 Å². The molecule has 2 nitrogen and oxygen atoms in total. The number of anilines is 2. The fourth-order valence-electron chi connectivity index (χ4n) is 6.20. The lowest BCUT2D eigenvalue weighted by Crippen LogP contribution is -2.28. The predicted molar refractivity (Wildman–Crippen MR) is 163 cm³/mol. The summed E-state index contributed by atoms with van der Waals surface area (Å²) >= 11 is 0. The molecule has 0 radical (unpaired) electrons. The Balaban J connectivity index is 1.43. The van der Waals surface area contributed by atoms with E-state index in [0.717, 1.165) is 22.5 Å². The summed E-state index contributed by atoms with van der Waals surface area (Å²) in [4.78, 5) is 0. The van der Waals surface area contributed by atoms with Gasteiger partial charge in [-0.05, 0) is 79.9 Å². The van der Waals surface area contributed by atoms with Crippen molar-refractivity contribution in [3.05, 3.63) is 168 Å². The lowest BCUT2D eigenvalue weighted by atomic mass is 9.67. The Morgan fingerprint density at radius 1 is 0.333 bits per heavy atom. The molecular formula is C37H28N2. The maximum Gasteiger partial charge on any atom is 0.0713 e. The van der Waals surface area contributed by atoms with E-state index in [-0.39, 0.29) is 0 Å². The number of nitrogen functional groups attached to an aromatic ring is 2. The van der Waals surface area contributed by atoms with Crippen LogP contribution in [0.15, 0.2) is 146 Å². The molecule has 0 heterocycles. The smallest absolute Gasteiger partial charge is 0.0713 e. The lowest BCUT2D eigenvalue weighted by Gasteiger charge is -2.34. The first kappa shape index (κ1) is 23.1. The van der Waals surface area contributed by atoms with Crippen molar-refractivity contribution in [2.75, 3.05) is 11.5 Å². The van der Waals surface area contributed by atoms with Crippen LogP contribution in [0.3, 0.4) is 0 Å². The van der Waals surface area contributed by atoms with Crippen LogP contribution in [0.2, 0.25) is 0 Å². The van der Waals surface area contributed by atoms with E-state index >= 15 is 0 Å². The second-order valence-corrected chi connectivity index (χ2v) is 10.2. The third-order valence-corrected chi connectivity index (χ3v) is 8.08. The first-order chi connectivity index (χ1) is 19.1. The van der Waals surface area contributed by atoms with Crippen molar-refractivity contribution in [2.45, 2.75) is 5.41 Å². The van der Waals surface area contributed by atoms with Crippen molar-refractivity contribution < 1.29 is 0 Å². The third kappa shape index (κ3) is 3.65. The van der Waals surface area contributed by atoms with Gasteiger partial charge in [-0.1, -0.05) is 121 Å². The summed E-state index contributed by atoms with van der Waals surface area (Å²) in [7, 11) is 0. The van der Waals surface area contributed by atoms with Crippen LogP contribution in [0.1, 0.15) is 22.3 Å². The number of fused-ring (bicyclic) bond motifs is 3. The zero-order valence-electron chi connectivity index (χ0n) is 21.5. The van der Waals surface area contributed by atoms with Gasteiger partial charge in [-0.25, -0.2) is 0 Å². The van der Waals surface area contributed by atoms with Crippen LogP contribution in [0, 0.1) is 0 Å². The minimum Gasteiger partial charge on any atom is -0.399 e. The summed E-state index contributed by atoms with van der Waals surface area (Å²) in [5.41, 5.74) is 25.4. The van der Waals surface area contributed by atoms with Crippen molar-refractivity contribution in [3.63, 3.8) is 0 Å². The summed E-state index contributed by atoms with van der Waals surface area (Å²) < 4.78 is 0. The van der Waals surface area contributed by atoms with Crippen molar-refractivity contribution in [1.82, 2.24) is 0 Å². The average Bonchev–Trinajstić information content (AvgIpc) is 3.29. The van der Waals surface area contributed by atoms with Crippen LogP contribution in [0.5, 0.6) is 0 Å². The van der Waals surface area contributed by atoms with E-state index in [1.165, 1.54) is 44.5 Å². The first-order valence-corrected chi connectivity index (χ1v) is 13.3. The molecule has 186 valence electrons. The Morgan fingerprint density at radius 3 is 1.00 bits per heavy atom. The first-order valence-electron chi connectivity index (χ1n) is 13.3. The van der Waals surface area contributed by atoms with Crippen LogP contribution in [0.25, 0.3) is 33.4 Å². The Labute approximate surface area is 229 Å². The zero-order chi connectivity index (χ0) is 26.4. The topological polar surface area (TPSA) is 52.0 Å². The zero-order valence-corrected chi connectivity index (χ0v) is 21.5. The van der Waals surface area contributed by atoms with Gasteiger partial charge in [0.2, 0.25) is 0 Å². The van der Waals surface area contributed by atoms with Gasteiger partial charge in [-0.3, -0.25) is 0 Å². The normalized spacial score (nSPS) is 13.0. The Kier molecular flexibility index (Phi) is 5.35. The molecule has 1 aliphatic carbocycles. The molecule has 7 rings (SSSR count). The number of hydrogen-bond donors (Lipinski definition) is 2. The van der Waals surface area contributed by atoms with Gasteiger partial charge in [0.25, 0.3) is 0 Å². The number of rotatable bonds is 4. The van der Waals surface area contributed by atoms with Gasteiger partial charge in [0.1, 0.15) is 0 Å². The minimum absolute atomic E-state index is 0.424. The van der Waals surface area contributed by atoms with Crippen molar-refractivity contribution in [3.8, 4) is 33.4 Å². The lowest BCUT2D eigenvalue weighted by molar-refractivity contribution is 0.769. The van der Waals surface area contributed by atoms with Crippen LogP contribution >= 0.6 is 0 Å². The summed E-state index contributed by atoms with van der Waals surface area (Å²) in [6.07, 6.45) is 0. The minimum atomic E-state index is -0.424. The van der Waals surface area contributed by atoms with Crippen LogP contribution in [0.4, 0.5) is 11.4 Å². The quantitative estimate of drug-likeness (QED) is 0.238. The van der Waals surface area contributed by atoms with Crippen LogP contribution in [-0.4, -0.2) is 0 Å². The maximum absolute atomic E-state index is 5.93. The number of nitrogens with two attached hydrogens (primary N) is 2. The summed E-state index contributed by atoms with van der Waals surface area (Å²) in [6.45, 7) is 0. The van der Waals surface area contributed by atoms with E-state index in [1.54, 1.807) is 0 Å². The fourth-order valence-corrected chi connectivity index (χ4v) is 6.20. The third-order valence-electron chi connectivity index (χ3n) is 8.08. The van der Waals surface area contributed by atoms with Crippen LogP contribution in [-0.2, 0) is 5.41 Å². The molecule has 0 spiro atoms. The fraction of sp³-hybridized carbons (Fsp3) is 0.0270. The molecular weight excluding hydrogens is 472 g/mol. The van der Waals surface area contributed by atoms with E-state index in [2.05, 4.69) is 121 Å². The van der Waals surface area contributed by atoms with Crippen molar-refractivity contribution >= 4 is 11.4 Å². The summed E-state index contributed by atoms with van der Waals surface area (Å²) in [6, 6.07) is 51.9. The van der Waals surface area contributed by atoms with Crippen molar-refractivity contribution in [2.24, 2.45) is 0 Å². The van der Waals surface area contributed by atoms with E-state index < -0.39 is 5.41 Å². The molecule has 0 saturated carbocycles. The largest absolute Gasteiger partial charge is 0.399 e. The van der Waals surface area contributed by atoms with E-state index in [0.29, 0.717) is 0 Å².